The predicted octanol–water partition coefficient (Wildman–Crippen LogP) is 3.17. The van der Waals surface area contributed by atoms with Crippen molar-refractivity contribution in [2.75, 3.05) is 6.54 Å². The summed E-state index contributed by atoms with van der Waals surface area (Å²) < 4.78 is 0. The van der Waals surface area contributed by atoms with Crippen LogP contribution in [0.4, 0.5) is 4.79 Å². The van der Waals surface area contributed by atoms with Gasteiger partial charge in [-0.15, -0.1) is 0 Å². The van der Waals surface area contributed by atoms with E-state index in [0.29, 0.717) is 18.1 Å². The number of pyridine rings is 1. The zero-order chi connectivity index (χ0) is 14.9. The minimum atomic E-state index is -0.166. The van der Waals surface area contributed by atoms with Gasteiger partial charge < -0.3 is 10.6 Å². The van der Waals surface area contributed by atoms with Crippen LogP contribution in [0.15, 0.2) is 48.8 Å². The fourth-order valence-electron chi connectivity index (χ4n) is 1.93. The van der Waals surface area contributed by atoms with Crippen molar-refractivity contribution in [3.05, 3.63) is 64.9 Å². The molecule has 0 aliphatic heterocycles. The average Bonchev–Trinajstić information content (AvgIpc) is 2.51. The summed E-state index contributed by atoms with van der Waals surface area (Å²) in [4.78, 5) is 15.7. The van der Waals surface area contributed by atoms with E-state index >= 15 is 0 Å². The summed E-state index contributed by atoms with van der Waals surface area (Å²) in [6.45, 7) is 1.10. The van der Waals surface area contributed by atoms with E-state index in [-0.39, 0.29) is 6.03 Å². The highest BCUT2D eigenvalue weighted by molar-refractivity contribution is 6.30. The van der Waals surface area contributed by atoms with Gasteiger partial charge in [-0.3, -0.25) is 4.98 Å². The summed E-state index contributed by atoms with van der Waals surface area (Å²) >= 11 is 5.89. The van der Waals surface area contributed by atoms with Crippen molar-refractivity contribution in [1.82, 2.24) is 15.6 Å². The van der Waals surface area contributed by atoms with Crippen LogP contribution in [-0.2, 0) is 13.0 Å². The number of nitrogens with zero attached hydrogens (tertiary/aromatic N) is 1. The third-order valence-corrected chi connectivity index (χ3v) is 3.23. The molecule has 1 heterocycles. The predicted molar refractivity (Wildman–Crippen MR) is 84.2 cm³/mol. The number of amides is 2. The van der Waals surface area contributed by atoms with Gasteiger partial charge in [-0.25, -0.2) is 4.79 Å². The third kappa shape index (κ3) is 5.83. The molecule has 0 fully saturated rings. The molecule has 2 rings (SSSR count). The highest BCUT2D eigenvalue weighted by atomic mass is 35.5. The SMILES string of the molecule is O=C(NCCCc1cccnc1)NCc1cccc(Cl)c1. The molecule has 0 aliphatic carbocycles. The van der Waals surface area contributed by atoms with E-state index in [9.17, 15) is 4.79 Å². The molecule has 1 aromatic carbocycles. The van der Waals surface area contributed by atoms with Gasteiger partial charge in [0.1, 0.15) is 0 Å². The normalized spacial score (nSPS) is 10.1. The van der Waals surface area contributed by atoms with E-state index in [0.717, 1.165) is 18.4 Å². The lowest BCUT2D eigenvalue weighted by Crippen LogP contribution is -2.35. The van der Waals surface area contributed by atoms with Crippen molar-refractivity contribution in [2.24, 2.45) is 0 Å². The standard InChI is InChI=1S/C16H18ClN3O/c17-15-7-1-4-14(10-15)12-20-16(21)19-9-3-6-13-5-2-8-18-11-13/h1-2,4-5,7-8,10-11H,3,6,9,12H2,(H2,19,20,21). The molecule has 2 amide bonds. The summed E-state index contributed by atoms with van der Waals surface area (Å²) in [5, 5.41) is 6.31. The number of rotatable bonds is 6. The lowest BCUT2D eigenvalue weighted by Gasteiger charge is -2.08. The van der Waals surface area contributed by atoms with Gasteiger partial charge >= 0.3 is 6.03 Å². The second-order valence-corrected chi connectivity index (χ2v) is 5.14. The van der Waals surface area contributed by atoms with Gasteiger partial charge in [0.2, 0.25) is 0 Å². The van der Waals surface area contributed by atoms with Gasteiger partial charge in [0, 0.05) is 30.5 Å². The number of nitrogens with one attached hydrogen (secondary N) is 2. The summed E-state index contributed by atoms with van der Waals surface area (Å²) in [5.41, 5.74) is 2.16. The largest absolute Gasteiger partial charge is 0.338 e. The molecule has 2 aromatic rings. The lowest BCUT2D eigenvalue weighted by atomic mass is 10.1. The third-order valence-electron chi connectivity index (χ3n) is 2.99. The highest BCUT2D eigenvalue weighted by Crippen LogP contribution is 2.10. The smallest absolute Gasteiger partial charge is 0.315 e. The molecular formula is C16H18ClN3O. The monoisotopic (exact) mass is 303 g/mol. The van der Waals surface area contributed by atoms with E-state index in [1.807, 2.05) is 42.6 Å². The van der Waals surface area contributed by atoms with E-state index in [4.69, 9.17) is 11.6 Å². The van der Waals surface area contributed by atoms with Crippen molar-refractivity contribution in [1.29, 1.82) is 0 Å². The Kier molecular flexibility index (Phi) is 6.03. The Balaban J connectivity index is 1.62. The van der Waals surface area contributed by atoms with Crippen LogP contribution in [0.1, 0.15) is 17.5 Å². The zero-order valence-corrected chi connectivity index (χ0v) is 12.4. The zero-order valence-electron chi connectivity index (χ0n) is 11.7. The van der Waals surface area contributed by atoms with Crippen LogP contribution in [0.25, 0.3) is 0 Å². The molecule has 110 valence electrons. The number of hydrogen-bond acceptors (Lipinski definition) is 2. The van der Waals surface area contributed by atoms with Crippen molar-refractivity contribution >= 4 is 17.6 Å². The molecule has 5 heteroatoms. The first kappa shape index (κ1) is 15.3. The summed E-state index contributed by atoms with van der Waals surface area (Å²) in [7, 11) is 0. The number of carbonyl (C=O) groups excluding carboxylic acids is 1. The van der Waals surface area contributed by atoms with Crippen LogP contribution >= 0.6 is 11.6 Å². The molecular weight excluding hydrogens is 286 g/mol. The number of aryl methyl sites for hydroxylation is 1. The molecule has 0 saturated carbocycles. The van der Waals surface area contributed by atoms with Crippen molar-refractivity contribution in [3.63, 3.8) is 0 Å². The minimum Gasteiger partial charge on any atom is -0.338 e. The Morgan fingerprint density at radius 3 is 2.76 bits per heavy atom. The molecule has 0 radical (unpaired) electrons. The van der Waals surface area contributed by atoms with Gasteiger partial charge in [0.15, 0.2) is 0 Å². The quantitative estimate of drug-likeness (QED) is 0.805. The number of carbonyl (C=O) groups is 1. The van der Waals surface area contributed by atoms with Gasteiger partial charge in [-0.1, -0.05) is 29.8 Å². The maximum absolute atomic E-state index is 11.6. The van der Waals surface area contributed by atoms with Crippen LogP contribution in [0.2, 0.25) is 5.02 Å². The Morgan fingerprint density at radius 1 is 1.14 bits per heavy atom. The Labute approximate surface area is 129 Å². The van der Waals surface area contributed by atoms with Crippen molar-refractivity contribution in [2.45, 2.75) is 19.4 Å². The first-order valence-electron chi connectivity index (χ1n) is 6.89. The number of aromatic nitrogens is 1. The maximum Gasteiger partial charge on any atom is 0.315 e. The summed E-state index contributed by atoms with van der Waals surface area (Å²) in [5.74, 6) is 0. The van der Waals surface area contributed by atoms with Crippen LogP contribution in [0.5, 0.6) is 0 Å². The van der Waals surface area contributed by atoms with Gasteiger partial charge in [-0.2, -0.15) is 0 Å². The van der Waals surface area contributed by atoms with Gasteiger partial charge in [0.05, 0.1) is 0 Å². The highest BCUT2D eigenvalue weighted by Gasteiger charge is 2.00. The topological polar surface area (TPSA) is 54.0 Å². The Bertz CT molecular complexity index is 575. The number of urea groups is 1. The second kappa shape index (κ2) is 8.27. The molecule has 0 unspecified atom stereocenters. The Hall–Kier alpha value is -2.07. The van der Waals surface area contributed by atoms with Crippen LogP contribution in [0, 0.1) is 0 Å². The molecule has 2 N–H and O–H groups in total. The summed E-state index contributed by atoms with van der Waals surface area (Å²) in [6.07, 6.45) is 5.39. The molecule has 0 spiro atoms. The number of halogens is 1. The molecule has 0 aliphatic rings. The van der Waals surface area contributed by atoms with Crippen LogP contribution in [-0.4, -0.2) is 17.6 Å². The minimum absolute atomic E-state index is 0.166. The molecule has 4 nitrogen and oxygen atoms in total. The lowest BCUT2D eigenvalue weighted by molar-refractivity contribution is 0.240. The van der Waals surface area contributed by atoms with Crippen LogP contribution in [0.3, 0.4) is 0 Å². The van der Waals surface area contributed by atoms with Crippen molar-refractivity contribution < 1.29 is 4.79 Å². The maximum atomic E-state index is 11.6. The summed E-state index contributed by atoms with van der Waals surface area (Å²) in [6, 6.07) is 11.2. The fraction of sp³-hybridized carbons (Fsp3) is 0.250. The van der Waals surface area contributed by atoms with Gasteiger partial charge in [-0.05, 0) is 42.2 Å². The van der Waals surface area contributed by atoms with E-state index in [2.05, 4.69) is 15.6 Å². The fourth-order valence-corrected chi connectivity index (χ4v) is 2.15. The second-order valence-electron chi connectivity index (χ2n) is 4.70. The Morgan fingerprint density at radius 2 is 2.00 bits per heavy atom. The van der Waals surface area contributed by atoms with E-state index in [1.165, 1.54) is 5.56 Å². The molecule has 0 bridgehead atoms. The number of hydrogen-bond donors (Lipinski definition) is 2. The first-order chi connectivity index (χ1) is 10.2. The average molecular weight is 304 g/mol. The molecule has 0 atom stereocenters. The van der Waals surface area contributed by atoms with E-state index in [1.54, 1.807) is 6.20 Å². The number of benzene rings is 1. The molecule has 21 heavy (non-hydrogen) atoms. The van der Waals surface area contributed by atoms with Crippen molar-refractivity contribution in [3.8, 4) is 0 Å². The van der Waals surface area contributed by atoms with Crippen LogP contribution < -0.4 is 10.6 Å². The van der Waals surface area contributed by atoms with E-state index < -0.39 is 0 Å². The first-order valence-corrected chi connectivity index (χ1v) is 7.27. The van der Waals surface area contributed by atoms with Gasteiger partial charge in [0.25, 0.3) is 0 Å². The molecule has 1 aromatic heterocycles. The molecule has 0 saturated heterocycles.